The third kappa shape index (κ3) is 3.26. The summed E-state index contributed by atoms with van der Waals surface area (Å²) in [6.45, 7) is 0. The number of benzene rings is 1. The molecule has 1 heterocycles. The smallest absolute Gasteiger partial charge is 0.239 e. The third-order valence-electron chi connectivity index (χ3n) is 2.31. The Bertz CT molecular complexity index is 699. The number of pyridine rings is 1. The Labute approximate surface area is 130 Å². The van der Waals surface area contributed by atoms with Crippen molar-refractivity contribution in [3.63, 3.8) is 0 Å². The summed E-state index contributed by atoms with van der Waals surface area (Å²) in [5.41, 5.74) is 0.385. The van der Waals surface area contributed by atoms with Crippen LogP contribution in [0.1, 0.15) is 5.56 Å². The lowest BCUT2D eigenvalue weighted by Crippen LogP contribution is -1.92. The Hall–Kier alpha value is -1.67. The molecule has 0 atom stereocenters. The molecule has 2 rings (SSSR count). The lowest BCUT2D eigenvalue weighted by atomic mass is 10.2. The molecule has 2 aromatic rings. The summed E-state index contributed by atoms with van der Waals surface area (Å²) in [5, 5.41) is 9.46. The van der Waals surface area contributed by atoms with Crippen LogP contribution >= 0.6 is 34.8 Å². The average molecular weight is 330 g/mol. The molecule has 0 amide bonds. The van der Waals surface area contributed by atoms with Crippen molar-refractivity contribution in [2.24, 2.45) is 0 Å². The minimum atomic E-state index is 0.0782. The maximum absolute atomic E-state index is 8.94. The van der Waals surface area contributed by atoms with E-state index in [0.717, 1.165) is 0 Å². The van der Waals surface area contributed by atoms with Crippen molar-refractivity contribution in [3.05, 3.63) is 45.0 Å². The van der Waals surface area contributed by atoms with Gasteiger partial charge in [-0.2, -0.15) is 10.2 Å². The summed E-state index contributed by atoms with van der Waals surface area (Å²) in [7, 11) is 1.49. The fourth-order valence-corrected chi connectivity index (χ4v) is 1.95. The predicted molar refractivity (Wildman–Crippen MR) is 77.1 cm³/mol. The van der Waals surface area contributed by atoms with Gasteiger partial charge in [0.05, 0.1) is 23.8 Å². The van der Waals surface area contributed by atoms with Crippen LogP contribution < -0.4 is 9.47 Å². The van der Waals surface area contributed by atoms with Gasteiger partial charge in [-0.05, 0) is 18.2 Å². The second-order valence-corrected chi connectivity index (χ2v) is 4.83. The van der Waals surface area contributed by atoms with E-state index < -0.39 is 0 Å². The molecule has 0 saturated heterocycles. The zero-order valence-electron chi connectivity index (χ0n) is 10.2. The number of ether oxygens (including phenoxy) is 2. The maximum Gasteiger partial charge on any atom is 0.239 e. The lowest BCUT2D eigenvalue weighted by molar-refractivity contribution is 0.407. The summed E-state index contributed by atoms with van der Waals surface area (Å²) in [6.07, 6.45) is 0. The summed E-state index contributed by atoms with van der Waals surface area (Å²) in [4.78, 5) is 3.93. The molecule has 4 nitrogen and oxygen atoms in total. The van der Waals surface area contributed by atoms with Crippen molar-refractivity contribution in [1.29, 1.82) is 5.26 Å². The van der Waals surface area contributed by atoms with Crippen LogP contribution in [0.15, 0.2) is 24.3 Å². The van der Waals surface area contributed by atoms with Gasteiger partial charge in [0.2, 0.25) is 5.88 Å². The summed E-state index contributed by atoms with van der Waals surface area (Å²) in [5.74, 6) is 0.933. The highest BCUT2D eigenvalue weighted by Gasteiger charge is 2.11. The molecule has 0 aliphatic carbocycles. The van der Waals surface area contributed by atoms with Gasteiger partial charge in [-0.3, -0.25) is 0 Å². The number of nitriles is 1. The molecule has 1 aromatic heterocycles. The first-order valence-corrected chi connectivity index (χ1v) is 6.45. The molecule has 0 unspecified atom stereocenters. The normalized spacial score (nSPS) is 9.95. The van der Waals surface area contributed by atoms with Crippen LogP contribution in [0.2, 0.25) is 15.2 Å². The zero-order valence-corrected chi connectivity index (χ0v) is 12.4. The van der Waals surface area contributed by atoms with E-state index in [1.165, 1.54) is 19.2 Å². The van der Waals surface area contributed by atoms with Crippen LogP contribution in [0.25, 0.3) is 0 Å². The SMILES string of the molecule is COc1cc(C#N)cc(Oc2nc(Cl)c(Cl)cc2Cl)c1. The van der Waals surface area contributed by atoms with Crippen LogP contribution in [-0.4, -0.2) is 12.1 Å². The van der Waals surface area contributed by atoms with Crippen molar-refractivity contribution in [1.82, 2.24) is 4.98 Å². The van der Waals surface area contributed by atoms with Gasteiger partial charge in [0.15, 0.2) is 5.15 Å². The van der Waals surface area contributed by atoms with Crippen LogP contribution in [-0.2, 0) is 0 Å². The molecule has 0 spiro atoms. The third-order valence-corrected chi connectivity index (χ3v) is 3.26. The number of hydrogen-bond donors (Lipinski definition) is 0. The molecule has 0 aliphatic rings. The molecular formula is C13H7Cl3N2O2. The highest BCUT2D eigenvalue weighted by atomic mass is 35.5. The first-order chi connectivity index (χ1) is 9.53. The van der Waals surface area contributed by atoms with Crippen molar-refractivity contribution < 1.29 is 9.47 Å². The molecule has 0 bridgehead atoms. The van der Waals surface area contributed by atoms with Gasteiger partial charge in [0.1, 0.15) is 16.5 Å². The van der Waals surface area contributed by atoms with E-state index in [0.29, 0.717) is 17.1 Å². The standard InChI is InChI=1S/C13H7Cl3N2O2/c1-19-8-2-7(6-17)3-9(4-8)20-13-11(15)5-10(14)12(16)18-13/h2-5H,1H3. The first kappa shape index (κ1) is 14.7. The molecule has 0 aliphatic heterocycles. The highest BCUT2D eigenvalue weighted by Crippen LogP contribution is 2.34. The number of aromatic nitrogens is 1. The molecular weight excluding hydrogens is 323 g/mol. The van der Waals surface area contributed by atoms with Gasteiger partial charge < -0.3 is 9.47 Å². The highest BCUT2D eigenvalue weighted by molar-refractivity contribution is 6.42. The molecule has 20 heavy (non-hydrogen) atoms. The second-order valence-electron chi connectivity index (χ2n) is 3.66. The molecule has 102 valence electrons. The second kappa shape index (κ2) is 6.19. The maximum atomic E-state index is 8.94. The van der Waals surface area contributed by atoms with Crippen LogP contribution in [0.4, 0.5) is 0 Å². The molecule has 7 heteroatoms. The van der Waals surface area contributed by atoms with Crippen LogP contribution in [0.3, 0.4) is 0 Å². The fourth-order valence-electron chi connectivity index (χ4n) is 1.42. The largest absolute Gasteiger partial charge is 0.497 e. The van der Waals surface area contributed by atoms with Gasteiger partial charge in [-0.15, -0.1) is 0 Å². The number of halogens is 3. The van der Waals surface area contributed by atoms with Gasteiger partial charge >= 0.3 is 0 Å². The van der Waals surface area contributed by atoms with E-state index in [1.807, 2.05) is 6.07 Å². The molecule has 0 saturated carbocycles. The Kier molecular flexibility index (Phi) is 4.56. The number of methoxy groups -OCH3 is 1. The van der Waals surface area contributed by atoms with Crippen molar-refractivity contribution in [3.8, 4) is 23.4 Å². The summed E-state index contributed by atoms with van der Waals surface area (Å²) >= 11 is 17.6. The van der Waals surface area contributed by atoms with E-state index in [2.05, 4.69) is 4.98 Å². The van der Waals surface area contributed by atoms with E-state index >= 15 is 0 Å². The Balaban J connectivity index is 2.40. The topological polar surface area (TPSA) is 55.1 Å². The molecule has 0 N–H and O–H groups in total. The number of nitrogens with zero attached hydrogens (tertiary/aromatic N) is 2. The van der Waals surface area contributed by atoms with E-state index in [-0.39, 0.29) is 21.1 Å². The van der Waals surface area contributed by atoms with Crippen molar-refractivity contribution in [2.45, 2.75) is 0 Å². The van der Waals surface area contributed by atoms with Gasteiger partial charge in [-0.1, -0.05) is 34.8 Å². The minimum Gasteiger partial charge on any atom is -0.497 e. The number of hydrogen-bond acceptors (Lipinski definition) is 4. The van der Waals surface area contributed by atoms with E-state index in [1.54, 1.807) is 12.1 Å². The van der Waals surface area contributed by atoms with E-state index in [9.17, 15) is 0 Å². The quantitative estimate of drug-likeness (QED) is 0.765. The molecule has 1 aromatic carbocycles. The lowest BCUT2D eigenvalue weighted by Gasteiger charge is -2.09. The summed E-state index contributed by atoms with van der Waals surface area (Å²) in [6, 6.07) is 8.14. The molecule has 0 fully saturated rings. The average Bonchev–Trinajstić information content (AvgIpc) is 2.44. The Morgan fingerprint density at radius 3 is 2.40 bits per heavy atom. The van der Waals surface area contributed by atoms with E-state index in [4.69, 9.17) is 49.5 Å². The van der Waals surface area contributed by atoms with Crippen LogP contribution in [0, 0.1) is 11.3 Å². The molecule has 0 radical (unpaired) electrons. The Morgan fingerprint density at radius 2 is 1.75 bits per heavy atom. The van der Waals surface area contributed by atoms with Crippen molar-refractivity contribution in [2.75, 3.05) is 7.11 Å². The first-order valence-electron chi connectivity index (χ1n) is 5.32. The number of rotatable bonds is 3. The van der Waals surface area contributed by atoms with Crippen molar-refractivity contribution >= 4 is 34.8 Å². The minimum absolute atomic E-state index is 0.0782. The Morgan fingerprint density at radius 1 is 1.05 bits per heavy atom. The predicted octanol–water partition coefficient (Wildman–Crippen LogP) is 4.71. The monoisotopic (exact) mass is 328 g/mol. The van der Waals surface area contributed by atoms with Gasteiger partial charge in [0, 0.05) is 6.07 Å². The van der Waals surface area contributed by atoms with Gasteiger partial charge in [-0.25, -0.2) is 0 Å². The fraction of sp³-hybridized carbons (Fsp3) is 0.0769. The zero-order chi connectivity index (χ0) is 14.7. The summed E-state index contributed by atoms with van der Waals surface area (Å²) < 4.78 is 10.6. The van der Waals surface area contributed by atoms with Crippen LogP contribution in [0.5, 0.6) is 17.4 Å². The van der Waals surface area contributed by atoms with Gasteiger partial charge in [0.25, 0.3) is 0 Å².